The summed E-state index contributed by atoms with van der Waals surface area (Å²) in [6, 6.07) is 4.82. The highest BCUT2D eigenvalue weighted by Crippen LogP contribution is 2.18. The molecular weight excluding hydrogens is 284 g/mol. The molecule has 3 N–H and O–H groups in total. The van der Waals surface area contributed by atoms with Crippen LogP contribution in [0.25, 0.3) is 0 Å². The zero-order valence-corrected chi connectivity index (χ0v) is 13.7. The van der Waals surface area contributed by atoms with Crippen LogP contribution in [0.4, 0.5) is 10.5 Å². The maximum Gasteiger partial charge on any atom is 0.407 e. The number of hydrogen-bond donors (Lipinski definition) is 3. The molecular formula is C16H24N2O4. The average molecular weight is 308 g/mol. The molecule has 1 amide bonds. The molecule has 0 aromatic heterocycles. The van der Waals surface area contributed by atoms with Crippen LogP contribution in [0.2, 0.25) is 0 Å². The van der Waals surface area contributed by atoms with Gasteiger partial charge in [0.25, 0.3) is 0 Å². The molecule has 0 aliphatic heterocycles. The van der Waals surface area contributed by atoms with E-state index < -0.39 is 17.7 Å². The summed E-state index contributed by atoms with van der Waals surface area (Å²) < 4.78 is 5.16. The first-order valence-electron chi connectivity index (χ1n) is 7.16. The summed E-state index contributed by atoms with van der Waals surface area (Å²) >= 11 is 0. The van der Waals surface area contributed by atoms with Gasteiger partial charge in [-0.3, -0.25) is 0 Å². The minimum atomic E-state index is -0.970. The Bertz CT molecular complexity index is 550. The highest BCUT2D eigenvalue weighted by Gasteiger charge is 2.16. The molecule has 6 nitrogen and oxygen atoms in total. The van der Waals surface area contributed by atoms with Crippen molar-refractivity contribution in [1.82, 2.24) is 5.32 Å². The number of carboxylic acids is 1. The van der Waals surface area contributed by atoms with Crippen LogP contribution in [0.1, 0.15) is 43.6 Å². The van der Waals surface area contributed by atoms with Crippen molar-refractivity contribution in [3.05, 3.63) is 29.3 Å². The Morgan fingerprint density at radius 1 is 1.32 bits per heavy atom. The first-order chi connectivity index (χ1) is 10.1. The number of hydrogen-bond acceptors (Lipinski definition) is 4. The van der Waals surface area contributed by atoms with Gasteiger partial charge in [-0.05, 0) is 52.3 Å². The molecule has 0 radical (unpaired) electrons. The van der Waals surface area contributed by atoms with Crippen LogP contribution in [0.3, 0.4) is 0 Å². The van der Waals surface area contributed by atoms with E-state index >= 15 is 0 Å². The van der Waals surface area contributed by atoms with E-state index in [4.69, 9.17) is 9.84 Å². The number of carboxylic acid groups (broad SMARTS) is 1. The third kappa shape index (κ3) is 6.03. The van der Waals surface area contributed by atoms with Gasteiger partial charge in [-0.15, -0.1) is 0 Å². The predicted octanol–water partition coefficient (Wildman–Crippen LogP) is 3.02. The number of anilines is 1. The Hall–Kier alpha value is -2.24. The highest BCUT2D eigenvalue weighted by molar-refractivity contribution is 5.89. The Morgan fingerprint density at radius 2 is 1.95 bits per heavy atom. The number of rotatable bonds is 5. The molecule has 1 atom stereocenters. The fourth-order valence-corrected chi connectivity index (χ4v) is 1.78. The van der Waals surface area contributed by atoms with Crippen LogP contribution >= 0.6 is 0 Å². The van der Waals surface area contributed by atoms with Gasteiger partial charge in [0.15, 0.2) is 0 Å². The van der Waals surface area contributed by atoms with Crippen LogP contribution in [0.5, 0.6) is 0 Å². The summed E-state index contributed by atoms with van der Waals surface area (Å²) in [6.07, 6.45) is -0.475. The van der Waals surface area contributed by atoms with Crippen molar-refractivity contribution < 1.29 is 19.4 Å². The van der Waals surface area contributed by atoms with Crippen molar-refractivity contribution >= 4 is 17.7 Å². The summed E-state index contributed by atoms with van der Waals surface area (Å²) in [5, 5.41) is 14.9. The SMILES string of the molecule is Cc1ccc(C(=O)O)cc1NC(C)CNC(=O)OC(C)(C)C. The number of carbonyl (C=O) groups is 2. The monoisotopic (exact) mass is 308 g/mol. The normalized spacial score (nSPS) is 12.4. The maximum absolute atomic E-state index is 11.6. The van der Waals surface area contributed by atoms with E-state index in [9.17, 15) is 9.59 Å². The quantitative estimate of drug-likeness (QED) is 0.778. The maximum atomic E-state index is 11.6. The van der Waals surface area contributed by atoms with E-state index in [1.54, 1.807) is 39.0 Å². The summed E-state index contributed by atoms with van der Waals surface area (Å²) in [5.74, 6) is -0.970. The molecule has 0 spiro atoms. The zero-order valence-electron chi connectivity index (χ0n) is 13.7. The number of carbonyl (C=O) groups excluding carboxylic acids is 1. The van der Waals surface area contributed by atoms with E-state index in [-0.39, 0.29) is 11.6 Å². The van der Waals surface area contributed by atoms with Gasteiger partial charge >= 0.3 is 12.1 Å². The third-order valence-corrected chi connectivity index (χ3v) is 2.84. The van der Waals surface area contributed by atoms with Gasteiger partial charge in [-0.2, -0.15) is 0 Å². The molecule has 0 heterocycles. The second-order valence-electron chi connectivity index (χ2n) is 6.26. The molecule has 0 bridgehead atoms. The van der Waals surface area contributed by atoms with Crippen molar-refractivity contribution in [2.45, 2.75) is 46.3 Å². The van der Waals surface area contributed by atoms with Crippen LogP contribution in [-0.2, 0) is 4.74 Å². The third-order valence-electron chi connectivity index (χ3n) is 2.84. The van der Waals surface area contributed by atoms with Crippen LogP contribution in [0, 0.1) is 6.92 Å². The molecule has 0 aliphatic rings. The lowest BCUT2D eigenvalue weighted by molar-refractivity contribution is 0.0525. The molecule has 0 saturated heterocycles. The van der Waals surface area contributed by atoms with Crippen LogP contribution in [-0.4, -0.2) is 35.4 Å². The number of alkyl carbamates (subject to hydrolysis) is 1. The number of nitrogens with one attached hydrogen (secondary N) is 2. The molecule has 22 heavy (non-hydrogen) atoms. The number of aromatic carboxylic acids is 1. The van der Waals surface area contributed by atoms with Crippen molar-refractivity contribution in [3.8, 4) is 0 Å². The second kappa shape index (κ2) is 7.15. The smallest absolute Gasteiger partial charge is 0.407 e. The molecule has 0 fully saturated rings. The first kappa shape index (κ1) is 17.8. The molecule has 1 rings (SSSR count). The summed E-state index contributed by atoms with van der Waals surface area (Å²) in [5.41, 5.74) is 1.36. The van der Waals surface area contributed by atoms with E-state index in [0.29, 0.717) is 6.54 Å². The Kier molecular flexibility index (Phi) is 5.79. The van der Waals surface area contributed by atoms with E-state index in [1.807, 2.05) is 13.8 Å². The Morgan fingerprint density at radius 3 is 2.50 bits per heavy atom. The van der Waals surface area contributed by atoms with Gasteiger partial charge in [-0.1, -0.05) is 6.07 Å². The van der Waals surface area contributed by atoms with E-state index in [0.717, 1.165) is 11.3 Å². The zero-order chi connectivity index (χ0) is 16.9. The summed E-state index contributed by atoms with van der Waals surface area (Å²) in [6.45, 7) is 9.55. The summed E-state index contributed by atoms with van der Waals surface area (Å²) in [4.78, 5) is 22.6. The fraction of sp³-hybridized carbons (Fsp3) is 0.500. The molecule has 1 unspecified atom stereocenters. The first-order valence-corrected chi connectivity index (χ1v) is 7.16. The number of ether oxygens (including phenoxy) is 1. The second-order valence-corrected chi connectivity index (χ2v) is 6.26. The fourth-order valence-electron chi connectivity index (χ4n) is 1.78. The lowest BCUT2D eigenvalue weighted by atomic mass is 10.1. The van der Waals surface area contributed by atoms with Gasteiger partial charge in [0.2, 0.25) is 0 Å². The lowest BCUT2D eigenvalue weighted by Crippen LogP contribution is -2.38. The number of aryl methyl sites for hydroxylation is 1. The van der Waals surface area contributed by atoms with Crippen molar-refractivity contribution in [2.75, 3.05) is 11.9 Å². The molecule has 0 aliphatic carbocycles. The average Bonchev–Trinajstić information content (AvgIpc) is 2.36. The molecule has 1 aromatic carbocycles. The molecule has 1 aromatic rings. The van der Waals surface area contributed by atoms with Crippen LogP contribution < -0.4 is 10.6 Å². The van der Waals surface area contributed by atoms with Crippen molar-refractivity contribution in [3.63, 3.8) is 0 Å². The van der Waals surface area contributed by atoms with Gasteiger partial charge in [0, 0.05) is 18.3 Å². The molecule has 0 saturated carbocycles. The van der Waals surface area contributed by atoms with Crippen LogP contribution in [0.15, 0.2) is 18.2 Å². The molecule has 122 valence electrons. The minimum absolute atomic E-state index is 0.0738. The van der Waals surface area contributed by atoms with Crippen molar-refractivity contribution in [2.24, 2.45) is 0 Å². The van der Waals surface area contributed by atoms with E-state index in [1.165, 1.54) is 0 Å². The van der Waals surface area contributed by atoms with Crippen molar-refractivity contribution in [1.29, 1.82) is 0 Å². The topological polar surface area (TPSA) is 87.7 Å². The standard InChI is InChI=1S/C16H24N2O4/c1-10-6-7-12(14(19)20)8-13(10)18-11(2)9-17-15(21)22-16(3,4)5/h6-8,11,18H,9H2,1-5H3,(H,17,21)(H,19,20). The minimum Gasteiger partial charge on any atom is -0.478 e. The Balaban J connectivity index is 2.58. The van der Waals surface area contributed by atoms with Gasteiger partial charge in [0.1, 0.15) is 5.60 Å². The molecule has 6 heteroatoms. The van der Waals surface area contributed by atoms with E-state index in [2.05, 4.69) is 10.6 Å². The Labute approximate surface area is 130 Å². The van der Waals surface area contributed by atoms with Gasteiger partial charge in [-0.25, -0.2) is 9.59 Å². The lowest BCUT2D eigenvalue weighted by Gasteiger charge is -2.22. The van der Waals surface area contributed by atoms with Gasteiger partial charge in [0.05, 0.1) is 5.56 Å². The predicted molar refractivity (Wildman–Crippen MR) is 85.5 cm³/mol. The highest BCUT2D eigenvalue weighted by atomic mass is 16.6. The van der Waals surface area contributed by atoms with Gasteiger partial charge < -0.3 is 20.5 Å². The number of benzene rings is 1. The largest absolute Gasteiger partial charge is 0.478 e. The number of amides is 1. The summed E-state index contributed by atoms with van der Waals surface area (Å²) in [7, 11) is 0.